The molecule has 0 atom stereocenters. The predicted octanol–water partition coefficient (Wildman–Crippen LogP) is 7.11. The number of benzene rings is 3. The van der Waals surface area contributed by atoms with E-state index in [0.717, 1.165) is 11.3 Å². The van der Waals surface area contributed by atoms with Crippen LogP contribution in [0.3, 0.4) is 0 Å². The Morgan fingerprint density at radius 3 is 2.59 bits per heavy atom. The smallest absolute Gasteiger partial charge is 0.255 e. The van der Waals surface area contributed by atoms with E-state index < -0.39 is 0 Å². The molecule has 3 aromatic carbocycles. The van der Waals surface area contributed by atoms with Crippen LogP contribution in [-0.4, -0.2) is 10.9 Å². The van der Waals surface area contributed by atoms with E-state index in [0.29, 0.717) is 32.1 Å². The first-order chi connectivity index (χ1) is 14.1. The van der Waals surface area contributed by atoms with E-state index in [1.54, 1.807) is 30.3 Å². The maximum Gasteiger partial charge on any atom is 0.255 e. The number of anilines is 3. The van der Waals surface area contributed by atoms with Crippen LogP contribution < -0.4 is 10.6 Å². The third-order valence-corrected chi connectivity index (χ3v) is 5.45. The normalized spacial score (nSPS) is 10.6. The molecule has 4 aromatic rings. The van der Waals surface area contributed by atoms with E-state index in [4.69, 9.17) is 23.2 Å². The molecule has 0 aliphatic rings. The highest BCUT2D eigenvalue weighted by Gasteiger charge is 2.10. The van der Waals surface area contributed by atoms with Crippen LogP contribution in [0.4, 0.5) is 16.5 Å². The molecule has 0 bridgehead atoms. The molecule has 1 aromatic heterocycles. The molecular weight excluding hydrogens is 425 g/mol. The van der Waals surface area contributed by atoms with Gasteiger partial charge in [0.1, 0.15) is 0 Å². The zero-order chi connectivity index (χ0) is 20.2. The fraction of sp³-hybridized carbons (Fsp3) is 0. The molecule has 1 amide bonds. The average Bonchev–Trinajstić information content (AvgIpc) is 3.20. The van der Waals surface area contributed by atoms with Gasteiger partial charge in [0, 0.05) is 27.2 Å². The number of halogens is 2. The largest absolute Gasteiger partial charge is 0.330 e. The number of thiazole rings is 1. The summed E-state index contributed by atoms with van der Waals surface area (Å²) in [4.78, 5) is 17.0. The van der Waals surface area contributed by atoms with Crippen molar-refractivity contribution in [2.24, 2.45) is 0 Å². The molecule has 4 rings (SSSR count). The van der Waals surface area contributed by atoms with Crippen molar-refractivity contribution in [1.82, 2.24) is 4.98 Å². The summed E-state index contributed by atoms with van der Waals surface area (Å²) in [5.41, 5.74) is 3.71. The summed E-state index contributed by atoms with van der Waals surface area (Å²) in [7, 11) is 0. The zero-order valence-corrected chi connectivity index (χ0v) is 17.4. The van der Waals surface area contributed by atoms with E-state index in [1.165, 1.54) is 11.3 Å². The highest BCUT2D eigenvalue weighted by Crippen LogP contribution is 2.32. The minimum Gasteiger partial charge on any atom is -0.330 e. The second kappa shape index (κ2) is 8.66. The standard InChI is InChI=1S/C22H15Cl2N3OS/c23-16-9-10-18(24)19(12-16)26-22-27-20(13-29-22)15-7-4-8-17(11-15)25-21(28)14-5-2-1-3-6-14/h1-13H,(H,25,28)(H,26,27). The molecular formula is C22H15Cl2N3OS. The molecule has 0 saturated heterocycles. The number of carbonyl (C=O) groups excluding carboxylic acids is 1. The van der Waals surface area contributed by atoms with Gasteiger partial charge in [0.2, 0.25) is 0 Å². The molecule has 0 saturated carbocycles. The van der Waals surface area contributed by atoms with Gasteiger partial charge in [-0.15, -0.1) is 11.3 Å². The van der Waals surface area contributed by atoms with Crippen LogP contribution in [0.5, 0.6) is 0 Å². The van der Waals surface area contributed by atoms with Gasteiger partial charge >= 0.3 is 0 Å². The van der Waals surface area contributed by atoms with Crippen LogP contribution in [-0.2, 0) is 0 Å². The van der Waals surface area contributed by atoms with Crippen molar-refractivity contribution in [3.8, 4) is 11.3 Å². The molecule has 0 aliphatic carbocycles. The second-order valence-corrected chi connectivity index (χ2v) is 7.89. The van der Waals surface area contributed by atoms with Gasteiger partial charge in [0.15, 0.2) is 5.13 Å². The van der Waals surface area contributed by atoms with Crippen molar-refractivity contribution >= 4 is 57.0 Å². The van der Waals surface area contributed by atoms with Crippen molar-refractivity contribution in [2.75, 3.05) is 10.6 Å². The van der Waals surface area contributed by atoms with E-state index in [-0.39, 0.29) is 5.91 Å². The number of rotatable bonds is 5. The molecule has 0 unspecified atom stereocenters. The Kier molecular flexibility index (Phi) is 5.81. The van der Waals surface area contributed by atoms with E-state index in [9.17, 15) is 4.79 Å². The van der Waals surface area contributed by atoms with Gasteiger partial charge in [0.25, 0.3) is 5.91 Å². The molecule has 7 heteroatoms. The zero-order valence-electron chi connectivity index (χ0n) is 15.0. The molecule has 0 fully saturated rings. The Balaban J connectivity index is 1.52. The minimum absolute atomic E-state index is 0.154. The molecule has 144 valence electrons. The SMILES string of the molecule is O=C(Nc1cccc(-c2csc(Nc3cc(Cl)ccc3Cl)n2)c1)c1ccccc1. The maximum absolute atomic E-state index is 12.4. The number of carbonyl (C=O) groups is 1. The van der Waals surface area contributed by atoms with Crippen LogP contribution in [0.15, 0.2) is 78.2 Å². The molecule has 0 radical (unpaired) electrons. The predicted molar refractivity (Wildman–Crippen MR) is 122 cm³/mol. The monoisotopic (exact) mass is 439 g/mol. The maximum atomic E-state index is 12.4. The number of aromatic nitrogens is 1. The number of nitrogens with zero attached hydrogens (tertiary/aromatic N) is 1. The van der Waals surface area contributed by atoms with Gasteiger partial charge in [-0.25, -0.2) is 4.98 Å². The third kappa shape index (κ3) is 4.77. The number of nitrogens with one attached hydrogen (secondary N) is 2. The van der Waals surface area contributed by atoms with E-state index in [2.05, 4.69) is 15.6 Å². The molecule has 0 spiro atoms. The van der Waals surface area contributed by atoms with E-state index >= 15 is 0 Å². The first-order valence-electron chi connectivity index (χ1n) is 8.73. The molecule has 1 heterocycles. The van der Waals surface area contributed by atoms with Crippen molar-refractivity contribution in [3.05, 3.63) is 93.8 Å². The minimum atomic E-state index is -0.154. The fourth-order valence-electron chi connectivity index (χ4n) is 2.72. The Morgan fingerprint density at radius 2 is 1.76 bits per heavy atom. The lowest BCUT2D eigenvalue weighted by Crippen LogP contribution is -2.11. The Labute approximate surface area is 182 Å². The Hall–Kier alpha value is -2.86. The quantitative estimate of drug-likeness (QED) is 0.348. The van der Waals surface area contributed by atoms with E-state index in [1.807, 2.05) is 47.8 Å². The average molecular weight is 440 g/mol. The summed E-state index contributed by atoms with van der Waals surface area (Å²) < 4.78 is 0. The fourth-order valence-corrected chi connectivity index (χ4v) is 3.79. The Morgan fingerprint density at radius 1 is 0.931 bits per heavy atom. The first-order valence-corrected chi connectivity index (χ1v) is 10.4. The Bertz CT molecular complexity index is 1160. The summed E-state index contributed by atoms with van der Waals surface area (Å²) in [5.74, 6) is -0.154. The van der Waals surface area contributed by atoms with Crippen molar-refractivity contribution < 1.29 is 4.79 Å². The number of amides is 1. The topological polar surface area (TPSA) is 54.0 Å². The van der Waals surface area contributed by atoms with Gasteiger partial charge in [-0.3, -0.25) is 4.79 Å². The highest BCUT2D eigenvalue weighted by atomic mass is 35.5. The summed E-state index contributed by atoms with van der Waals surface area (Å²) in [6.07, 6.45) is 0. The highest BCUT2D eigenvalue weighted by molar-refractivity contribution is 7.14. The lowest BCUT2D eigenvalue weighted by atomic mass is 10.1. The van der Waals surface area contributed by atoms with Gasteiger partial charge in [0.05, 0.1) is 16.4 Å². The van der Waals surface area contributed by atoms with Gasteiger partial charge in [-0.2, -0.15) is 0 Å². The van der Waals surface area contributed by atoms with Crippen LogP contribution >= 0.6 is 34.5 Å². The number of hydrogen-bond donors (Lipinski definition) is 2. The van der Waals surface area contributed by atoms with Crippen LogP contribution in [0.2, 0.25) is 10.0 Å². The van der Waals surface area contributed by atoms with Crippen molar-refractivity contribution in [2.45, 2.75) is 0 Å². The second-order valence-electron chi connectivity index (χ2n) is 6.19. The molecule has 29 heavy (non-hydrogen) atoms. The van der Waals surface area contributed by atoms with Gasteiger partial charge in [-0.1, -0.05) is 53.5 Å². The summed E-state index contributed by atoms with van der Waals surface area (Å²) >= 11 is 13.7. The van der Waals surface area contributed by atoms with Crippen molar-refractivity contribution in [1.29, 1.82) is 0 Å². The lowest BCUT2D eigenvalue weighted by Gasteiger charge is -2.07. The first kappa shape index (κ1) is 19.5. The van der Waals surface area contributed by atoms with Crippen LogP contribution in [0, 0.1) is 0 Å². The third-order valence-electron chi connectivity index (χ3n) is 4.13. The summed E-state index contributed by atoms with van der Waals surface area (Å²) in [5, 5.41) is 9.91. The summed E-state index contributed by atoms with van der Waals surface area (Å²) in [6.45, 7) is 0. The van der Waals surface area contributed by atoms with Gasteiger partial charge < -0.3 is 10.6 Å². The molecule has 0 aliphatic heterocycles. The van der Waals surface area contributed by atoms with Crippen molar-refractivity contribution in [3.63, 3.8) is 0 Å². The lowest BCUT2D eigenvalue weighted by molar-refractivity contribution is 0.102. The van der Waals surface area contributed by atoms with Gasteiger partial charge in [-0.05, 0) is 42.5 Å². The van der Waals surface area contributed by atoms with Crippen LogP contribution in [0.25, 0.3) is 11.3 Å². The number of hydrogen-bond acceptors (Lipinski definition) is 4. The van der Waals surface area contributed by atoms with Crippen LogP contribution in [0.1, 0.15) is 10.4 Å². The molecule has 4 nitrogen and oxygen atoms in total. The summed E-state index contributed by atoms with van der Waals surface area (Å²) in [6, 6.07) is 21.9. The molecule has 2 N–H and O–H groups in total.